The Morgan fingerprint density at radius 1 is 0.216 bits per heavy atom. The number of nitriles is 1. The second-order valence-electron chi connectivity index (χ2n) is 23.0. The van der Waals surface area contributed by atoms with Crippen LogP contribution in [0.1, 0.15) is 5.56 Å². The molecule has 0 saturated heterocycles. The summed E-state index contributed by atoms with van der Waals surface area (Å²) in [5.74, 6) is 0. The van der Waals surface area contributed by atoms with Gasteiger partial charge in [-0.15, -0.1) is 0 Å². The molecule has 0 N–H and O–H groups in total. The van der Waals surface area contributed by atoms with Crippen LogP contribution in [0.15, 0.2) is 297 Å². The fraction of sp³-hybridized carbons (Fsp3) is 0. The number of aromatic nitrogens is 6. The third-order valence-electron chi connectivity index (χ3n) is 18.6. The first kappa shape index (κ1) is 48.3. The van der Waals surface area contributed by atoms with E-state index in [-0.39, 0.29) is 0 Å². The van der Waals surface area contributed by atoms with Crippen LogP contribution in [-0.2, 0) is 0 Å². The van der Waals surface area contributed by atoms with E-state index in [1.807, 2.05) is 12.1 Å². The van der Waals surface area contributed by atoms with Crippen LogP contribution in [-0.4, -0.2) is 27.4 Å². The Labute approximate surface area is 504 Å². The van der Waals surface area contributed by atoms with Crippen molar-refractivity contribution in [1.29, 1.82) is 5.26 Å². The molecular formula is C81H49N7. The average molecular weight is 1120 g/mol. The van der Waals surface area contributed by atoms with E-state index in [0.29, 0.717) is 5.56 Å². The van der Waals surface area contributed by atoms with Crippen LogP contribution in [0.4, 0.5) is 0 Å². The molecular weight excluding hydrogens is 1070 g/mol. The van der Waals surface area contributed by atoms with Gasteiger partial charge in [-0.3, -0.25) is 9.13 Å². The lowest BCUT2D eigenvalue weighted by Gasteiger charge is -2.32. The van der Waals surface area contributed by atoms with E-state index in [2.05, 4.69) is 319 Å². The molecule has 6 heterocycles. The first-order valence-electron chi connectivity index (χ1n) is 30.0. The zero-order valence-electron chi connectivity index (χ0n) is 47.4. The molecule has 0 amide bonds. The van der Waals surface area contributed by atoms with Crippen LogP contribution >= 0.6 is 0 Å². The second-order valence-corrected chi connectivity index (χ2v) is 23.0. The maximum absolute atomic E-state index is 10.7. The summed E-state index contributed by atoms with van der Waals surface area (Å²) in [7, 11) is 0. The fourth-order valence-electron chi connectivity index (χ4n) is 15.2. The molecule has 0 aliphatic carbocycles. The molecule has 0 bridgehead atoms. The van der Waals surface area contributed by atoms with E-state index in [4.69, 9.17) is 0 Å². The fourth-order valence-corrected chi connectivity index (χ4v) is 15.2. The molecule has 408 valence electrons. The molecule has 0 unspecified atom stereocenters. The highest BCUT2D eigenvalue weighted by Gasteiger charge is 2.37. The molecule has 19 aromatic rings. The number of para-hydroxylation sites is 11. The number of hydrogen-bond acceptors (Lipinski definition) is 1. The molecule has 0 saturated carbocycles. The first-order valence-corrected chi connectivity index (χ1v) is 30.0. The predicted molar refractivity (Wildman–Crippen MR) is 365 cm³/mol. The third-order valence-corrected chi connectivity index (χ3v) is 18.6. The van der Waals surface area contributed by atoms with Gasteiger partial charge < -0.3 is 18.3 Å². The number of nitrogens with zero attached hydrogens (tertiary/aromatic N) is 7. The second kappa shape index (κ2) is 18.4. The van der Waals surface area contributed by atoms with Gasteiger partial charge in [-0.05, 0) is 90.5 Å². The highest BCUT2D eigenvalue weighted by Crippen LogP contribution is 2.55. The molecule has 0 aliphatic heterocycles. The summed E-state index contributed by atoms with van der Waals surface area (Å²) >= 11 is 0. The van der Waals surface area contributed by atoms with Gasteiger partial charge in [-0.25, -0.2) is 0 Å². The Morgan fingerprint density at radius 2 is 0.466 bits per heavy atom. The van der Waals surface area contributed by atoms with Crippen molar-refractivity contribution in [2.75, 3.05) is 0 Å². The highest BCUT2D eigenvalue weighted by atomic mass is 15.2. The van der Waals surface area contributed by atoms with Crippen molar-refractivity contribution < 1.29 is 0 Å². The largest absolute Gasteiger partial charge is 0.306 e. The zero-order valence-corrected chi connectivity index (χ0v) is 47.4. The summed E-state index contributed by atoms with van der Waals surface area (Å²) in [5.41, 5.74) is 20.1. The molecule has 0 atom stereocenters. The third kappa shape index (κ3) is 6.49. The van der Waals surface area contributed by atoms with Gasteiger partial charge in [-0.1, -0.05) is 212 Å². The topological polar surface area (TPSA) is 53.4 Å². The SMILES string of the molecule is N#Cc1ccc(-c2c(-n3c4ccccc4c4ccccc43)c(-n3c4ccccc4c4ccccc43)c(-n3c4ccccc4c4c5ccccc5n(-c5ccccc5)c43)c(-n3c4ccccc4c4ccccc43)c2-n2c3ccccc3c3ccccc32)cc1. The van der Waals surface area contributed by atoms with E-state index in [1.54, 1.807) is 0 Å². The molecule has 7 nitrogen and oxygen atoms in total. The minimum atomic E-state index is 0.581. The Morgan fingerprint density at radius 3 is 0.784 bits per heavy atom. The van der Waals surface area contributed by atoms with E-state index >= 15 is 0 Å². The van der Waals surface area contributed by atoms with E-state index in [0.717, 1.165) is 165 Å². The quantitative estimate of drug-likeness (QED) is 0.157. The van der Waals surface area contributed by atoms with Gasteiger partial charge in [-0.2, -0.15) is 5.26 Å². The molecule has 0 spiro atoms. The lowest BCUT2D eigenvalue weighted by atomic mass is 9.94. The summed E-state index contributed by atoms with van der Waals surface area (Å²) < 4.78 is 15.5. The van der Waals surface area contributed by atoms with Gasteiger partial charge in [0, 0.05) is 70.5 Å². The van der Waals surface area contributed by atoms with Crippen LogP contribution in [0.25, 0.3) is 165 Å². The van der Waals surface area contributed by atoms with Crippen LogP contribution in [0.5, 0.6) is 0 Å². The zero-order chi connectivity index (χ0) is 57.7. The Kier molecular flexibility index (Phi) is 10.1. The van der Waals surface area contributed by atoms with Crippen molar-refractivity contribution >= 4 is 120 Å². The molecule has 88 heavy (non-hydrogen) atoms. The molecule has 19 rings (SSSR count). The van der Waals surface area contributed by atoms with Crippen molar-refractivity contribution in [1.82, 2.24) is 27.4 Å². The van der Waals surface area contributed by atoms with Gasteiger partial charge in [0.05, 0.1) is 89.5 Å². The summed E-state index contributed by atoms with van der Waals surface area (Å²) in [5, 5.41) is 23.3. The van der Waals surface area contributed by atoms with Crippen molar-refractivity contribution in [2.45, 2.75) is 0 Å². The van der Waals surface area contributed by atoms with Crippen molar-refractivity contribution in [2.24, 2.45) is 0 Å². The van der Waals surface area contributed by atoms with Gasteiger partial charge >= 0.3 is 0 Å². The van der Waals surface area contributed by atoms with Gasteiger partial charge in [0.15, 0.2) is 0 Å². The monoisotopic (exact) mass is 1120 g/mol. The Bertz CT molecular complexity index is 5720. The average Bonchev–Trinajstić information content (AvgIpc) is 1.46. The minimum Gasteiger partial charge on any atom is -0.306 e. The Hall–Kier alpha value is -12.1. The number of hydrogen-bond donors (Lipinski definition) is 0. The van der Waals surface area contributed by atoms with Crippen LogP contribution < -0.4 is 0 Å². The normalized spacial score (nSPS) is 12.1. The maximum Gasteiger partial charge on any atom is 0.131 e. The van der Waals surface area contributed by atoms with Crippen LogP contribution in [0.2, 0.25) is 0 Å². The molecule has 0 radical (unpaired) electrons. The van der Waals surface area contributed by atoms with E-state index in [1.165, 1.54) is 0 Å². The number of benzene rings is 13. The molecule has 0 fully saturated rings. The first-order chi connectivity index (χ1) is 43.7. The van der Waals surface area contributed by atoms with E-state index < -0.39 is 0 Å². The molecule has 13 aromatic carbocycles. The molecule has 6 aromatic heterocycles. The molecule has 0 aliphatic rings. The highest BCUT2D eigenvalue weighted by molar-refractivity contribution is 6.24. The minimum absolute atomic E-state index is 0.581. The van der Waals surface area contributed by atoms with Gasteiger partial charge in [0.25, 0.3) is 0 Å². The van der Waals surface area contributed by atoms with Crippen molar-refractivity contribution in [3.63, 3.8) is 0 Å². The summed E-state index contributed by atoms with van der Waals surface area (Å²) in [6.45, 7) is 0. The number of fused-ring (bicyclic) bond motifs is 17. The van der Waals surface area contributed by atoms with Crippen LogP contribution in [0, 0.1) is 11.3 Å². The Balaban J connectivity index is 1.23. The maximum atomic E-state index is 10.7. The number of rotatable bonds is 7. The van der Waals surface area contributed by atoms with Gasteiger partial charge in [0.1, 0.15) is 11.3 Å². The van der Waals surface area contributed by atoms with E-state index in [9.17, 15) is 5.26 Å². The van der Waals surface area contributed by atoms with Crippen molar-refractivity contribution in [3.8, 4) is 51.3 Å². The smallest absolute Gasteiger partial charge is 0.131 e. The summed E-state index contributed by atoms with van der Waals surface area (Å²) in [6, 6.07) is 111. The van der Waals surface area contributed by atoms with Gasteiger partial charge in [0.2, 0.25) is 0 Å². The summed E-state index contributed by atoms with van der Waals surface area (Å²) in [6.07, 6.45) is 0. The summed E-state index contributed by atoms with van der Waals surface area (Å²) in [4.78, 5) is 0. The standard InChI is InChI=1S/C81H49N7/c82-50-51-46-48-52(49-47-51)74-76(84-64-36-14-4-26-54(64)55-27-5-15-37-65(55)84)78(86-68-40-18-8-30-58(68)59-31-9-19-41-69(59)86)80(88-73-45-23-13-35-63(73)75-62-34-12-22-44-72(62)83(81(75)88)53-24-2-1-3-25-53)79(87-70-42-20-10-32-60(70)61-33-11-21-43-71(61)87)77(74)85-66-38-16-6-28-56(66)57-29-7-17-39-67(57)85/h1-49H. The predicted octanol–water partition coefficient (Wildman–Crippen LogP) is 20.7. The van der Waals surface area contributed by atoms with Crippen molar-refractivity contribution in [3.05, 3.63) is 303 Å². The lowest BCUT2D eigenvalue weighted by molar-refractivity contribution is 0.984. The lowest BCUT2D eigenvalue weighted by Crippen LogP contribution is -2.19. The molecule has 7 heteroatoms. The van der Waals surface area contributed by atoms with Crippen LogP contribution in [0.3, 0.4) is 0 Å².